The molecule has 1 unspecified atom stereocenters. The molecular weight excluding hydrogens is 262 g/mol. The summed E-state index contributed by atoms with van der Waals surface area (Å²) >= 11 is 0. The van der Waals surface area contributed by atoms with Gasteiger partial charge in [0.05, 0.1) is 14.2 Å². The van der Waals surface area contributed by atoms with Crippen molar-refractivity contribution >= 4 is 0 Å². The van der Waals surface area contributed by atoms with E-state index >= 15 is 0 Å². The lowest BCUT2D eigenvalue weighted by Gasteiger charge is -2.18. The average molecular weight is 285 g/mol. The van der Waals surface area contributed by atoms with Gasteiger partial charge in [0.15, 0.2) is 0 Å². The Balaban J connectivity index is 2.18. The summed E-state index contributed by atoms with van der Waals surface area (Å²) in [5.41, 5.74) is 3.66. The topological polar surface area (TPSA) is 30.5 Å². The largest absolute Gasteiger partial charge is 0.497 e. The van der Waals surface area contributed by atoms with E-state index in [9.17, 15) is 0 Å². The van der Waals surface area contributed by atoms with Crippen molar-refractivity contribution in [3.8, 4) is 11.5 Å². The van der Waals surface area contributed by atoms with Gasteiger partial charge in [0.1, 0.15) is 11.5 Å². The quantitative estimate of drug-likeness (QED) is 0.881. The van der Waals surface area contributed by atoms with E-state index in [-0.39, 0.29) is 6.04 Å². The van der Waals surface area contributed by atoms with Crippen LogP contribution in [0, 0.1) is 6.92 Å². The van der Waals surface area contributed by atoms with E-state index < -0.39 is 0 Å². The zero-order chi connectivity index (χ0) is 15.2. The fraction of sp³-hybridized carbons (Fsp3) is 0.333. The molecule has 0 fully saturated rings. The summed E-state index contributed by atoms with van der Waals surface area (Å²) in [5, 5.41) is 3.38. The number of aryl methyl sites for hydroxylation is 1. The molecule has 0 aliphatic rings. The predicted molar refractivity (Wildman–Crippen MR) is 86.2 cm³/mol. The highest BCUT2D eigenvalue weighted by Crippen LogP contribution is 2.25. The number of rotatable bonds is 6. The van der Waals surface area contributed by atoms with Crippen molar-refractivity contribution in [2.45, 2.75) is 19.4 Å². The van der Waals surface area contributed by atoms with Crippen LogP contribution < -0.4 is 14.8 Å². The van der Waals surface area contributed by atoms with E-state index in [1.54, 1.807) is 14.2 Å². The first kappa shape index (κ1) is 15.4. The van der Waals surface area contributed by atoms with Crippen LogP contribution in [-0.2, 0) is 6.42 Å². The van der Waals surface area contributed by atoms with Crippen molar-refractivity contribution in [1.29, 1.82) is 0 Å². The van der Waals surface area contributed by atoms with Crippen molar-refractivity contribution in [3.63, 3.8) is 0 Å². The molecule has 2 rings (SSSR count). The highest BCUT2D eigenvalue weighted by Gasteiger charge is 2.12. The molecule has 2 aromatic carbocycles. The minimum atomic E-state index is 0.257. The van der Waals surface area contributed by atoms with Crippen LogP contribution in [0.5, 0.6) is 11.5 Å². The molecule has 3 heteroatoms. The number of benzene rings is 2. The zero-order valence-corrected chi connectivity index (χ0v) is 13.1. The van der Waals surface area contributed by atoms with Crippen molar-refractivity contribution in [1.82, 2.24) is 5.32 Å². The van der Waals surface area contributed by atoms with Crippen molar-refractivity contribution < 1.29 is 9.47 Å². The van der Waals surface area contributed by atoms with Crippen LogP contribution in [0.4, 0.5) is 0 Å². The Bertz CT molecular complexity index is 578. The van der Waals surface area contributed by atoms with Gasteiger partial charge in [0.2, 0.25) is 0 Å². The molecule has 2 aromatic rings. The van der Waals surface area contributed by atoms with Crippen molar-refractivity contribution in [2.24, 2.45) is 0 Å². The summed E-state index contributed by atoms with van der Waals surface area (Å²) in [7, 11) is 5.38. The Morgan fingerprint density at radius 3 is 2.29 bits per heavy atom. The van der Waals surface area contributed by atoms with E-state index in [0.29, 0.717) is 0 Å². The molecule has 0 saturated heterocycles. The van der Waals surface area contributed by atoms with Crippen LogP contribution >= 0.6 is 0 Å². The molecule has 0 radical (unpaired) electrons. The third-order valence-electron chi connectivity index (χ3n) is 3.78. The molecule has 0 saturated carbocycles. The lowest BCUT2D eigenvalue weighted by atomic mass is 9.97. The van der Waals surface area contributed by atoms with Crippen molar-refractivity contribution in [2.75, 3.05) is 21.3 Å². The highest BCUT2D eigenvalue weighted by molar-refractivity contribution is 5.38. The van der Waals surface area contributed by atoms with Crippen LogP contribution in [0.3, 0.4) is 0 Å². The van der Waals surface area contributed by atoms with Crippen LogP contribution in [0.1, 0.15) is 22.7 Å². The molecule has 0 aliphatic heterocycles. The lowest BCUT2D eigenvalue weighted by molar-refractivity contribution is 0.410. The van der Waals surface area contributed by atoms with Crippen molar-refractivity contribution in [3.05, 3.63) is 59.2 Å². The summed E-state index contributed by atoms with van der Waals surface area (Å²) < 4.78 is 10.6. The minimum Gasteiger partial charge on any atom is -0.497 e. The molecule has 1 atom stereocenters. The molecule has 1 N–H and O–H groups in total. The number of nitrogens with one attached hydrogen (secondary N) is 1. The smallest absolute Gasteiger partial charge is 0.122 e. The third kappa shape index (κ3) is 3.76. The second kappa shape index (κ2) is 7.14. The maximum atomic E-state index is 5.42. The van der Waals surface area contributed by atoms with E-state index in [1.165, 1.54) is 11.1 Å². The molecular formula is C18H23NO2. The summed E-state index contributed by atoms with van der Waals surface area (Å²) in [6, 6.07) is 14.8. The molecule has 0 bridgehead atoms. The standard InChI is InChI=1S/C18H23NO2/c1-13-5-8-15(12-18(13)21-4)17(19-2)11-14-6-9-16(20-3)10-7-14/h5-10,12,17,19H,11H2,1-4H3. The zero-order valence-electron chi connectivity index (χ0n) is 13.1. The van der Waals surface area contributed by atoms with Gasteiger partial charge in [-0.1, -0.05) is 24.3 Å². The van der Waals surface area contributed by atoms with Gasteiger partial charge in [-0.15, -0.1) is 0 Å². The maximum absolute atomic E-state index is 5.42. The van der Waals surface area contributed by atoms with Gasteiger partial charge in [-0.25, -0.2) is 0 Å². The molecule has 112 valence electrons. The maximum Gasteiger partial charge on any atom is 0.122 e. The summed E-state index contributed by atoms with van der Waals surface area (Å²) in [4.78, 5) is 0. The summed E-state index contributed by atoms with van der Waals surface area (Å²) in [6.07, 6.45) is 0.923. The van der Waals surface area contributed by atoms with Gasteiger partial charge >= 0.3 is 0 Å². The van der Waals surface area contributed by atoms with Crippen LogP contribution in [0.25, 0.3) is 0 Å². The van der Waals surface area contributed by atoms with Crippen LogP contribution in [0.2, 0.25) is 0 Å². The Morgan fingerprint density at radius 2 is 1.71 bits per heavy atom. The van der Waals surface area contributed by atoms with E-state index in [4.69, 9.17) is 9.47 Å². The summed E-state index contributed by atoms with van der Waals surface area (Å²) in [6.45, 7) is 2.06. The second-order valence-electron chi connectivity index (χ2n) is 5.12. The van der Waals surface area contributed by atoms with E-state index in [0.717, 1.165) is 23.5 Å². The number of hydrogen-bond donors (Lipinski definition) is 1. The molecule has 3 nitrogen and oxygen atoms in total. The van der Waals surface area contributed by atoms with E-state index in [2.05, 4.69) is 42.6 Å². The normalized spacial score (nSPS) is 12.0. The first-order valence-corrected chi connectivity index (χ1v) is 7.12. The minimum absolute atomic E-state index is 0.257. The van der Waals surface area contributed by atoms with Gasteiger partial charge in [-0.05, 0) is 55.3 Å². The first-order valence-electron chi connectivity index (χ1n) is 7.12. The van der Waals surface area contributed by atoms with Crippen LogP contribution in [0.15, 0.2) is 42.5 Å². The predicted octanol–water partition coefficient (Wildman–Crippen LogP) is 3.52. The average Bonchev–Trinajstić information content (AvgIpc) is 2.54. The fourth-order valence-electron chi connectivity index (χ4n) is 2.44. The highest BCUT2D eigenvalue weighted by atomic mass is 16.5. The molecule has 0 amide bonds. The van der Waals surface area contributed by atoms with Gasteiger partial charge in [0.25, 0.3) is 0 Å². The van der Waals surface area contributed by atoms with Crippen LogP contribution in [-0.4, -0.2) is 21.3 Å². The van der Waals surface area contributed by atoms with Gasteiger partial charge < -0.3 is 14.8 Å². The molecule has 0 aliphatic carbocycles. The van der Waals surface area contributed by atoms with Gasteiger partial charge in [-0.2, -0.15) is 0 Å². The Labute approximate surface area is 126 Å². The molecule has 0 spiro atoms. The second-order valence-corrected chi connectivity index (χ2v) is 5.12. The summed E-state index contributed by atoms with van der Waals surface area (Å²) in [5.74, 6) is 1.82. The monoisotopic (exact) mass is 285 g/mol. The number of ether oxygens (including phenoxy) is 2. The molecule has 0 heterocycles. The SMILES string of the molecule is CNC(Cc1ccc(OC)cc1)c1ccc(C)c(OC)c1. The van der Waals surface area contributed by atoms with E-state index in [1.807, 2.05) is 19.2 Å². The number of hydrogen-bond acceptors (Lipinski definition) is 3. The Morgan fingerprint density at radius 1 is 1.00 bits per heavy atom. The third-order valence-corrected chi connectivity index (χ3v) is 3.78. The first-order chi connectivity index (χ1) is 10.2. The molecule has 21 heavy (non-hydrogen) atoms. The number of methoxy groups -OCH3 is 2. The van der Waals surface area contributed by atoms with Gasteiger partial charge in [0, 0.05) is 6.04 Å². The molecule has 0 aromatic heterocycles. The Kier molecular flexibility index (Phi) is 5.23. The van der Waals surface area contributed by atoms with Gasteiger partial charge in [-0.3, -0.25) is 0 Å². The lowest BCUT2D eigenvalue weighted by Crippen LogP contribution is -2.19. The number of likely N-dealkylation sites (N-methyl/N-ethyl adjacent to an activating group) is 1. The fourth-order valence-corrected chi connectivity index (χ4v) is 2.44. The Hall–Kier alpha value is -2.00.